The van der Waals surface area contributed by atoms with Crippen molar-refractivity contribution in [1.29, 1.82) is 0 Å². The minimum Gasteiger partial charge on any atom is -0.327 e. The molecule has 0 heterocycles. The van der Waals surface area contributed by atoms with Crippen molar-refractivity contribution >= 4 is 0 Å². The lowest BCUT2D eigenvalue weighted by Gasteiger charge is -2.28. The van der Waals surface area contributed by atoms with Crippen molar-refractivity contribution in [2.45, 2.75) is 44.2 Å². The Labute approximate surface area is 96.9 Å². The van der Waals surface area contributed by atoms with Crippen LogP contribution in [-0.4, -0.2) is 6.54 Å². The van der Waals surface area contributed by atoms with Crippen molar-refractivity contribution < 1.29 is 4.39 Å². The molecule has 1 aromatic rings. The van der Waals surface area contributed by atoms with Crippen LogP contribution in [0, 0.1) is 0 Å². The third kappa shape index (κ3) is 1.99. The van der Waals surface area contributed by atoms with Crippen molar-refractivity contribution in [2.24, 2.45) is 5.73 Å². The van der Waals surface area contributed by atoms with Gasteiger partial charge in [-0.1, -0.05) is 37.6 Å². The maximum absolute atomic E-state index is 14.4. The van der Waals surface area contributed by atoms with Crippen molar-refractivity contribution in [3.05, 3.63) is 35.4 Å². The fourth-order valence-corrected chi connectivity index (χ4v) is 2.28. The molecule has 0 bridgehead atoms. The molecule has 1 nitrogen and oxygen atoms in total. The normalized spacial score (nSPS) is 20.2. The summed E-state index contributed by atoms with van der Waals surface area (Å²) in [4.78, 5) is 0. The Balaban J connectivity index is 2.27. The number of hydrogen-bond donors (Lipinski definition) is 1. The first-order chi connectivity index (χ1) is 7.69. The highest BCUT2D eigenvalue weighted by Crippen LogP contribution is 2.38. The molecule has 2 N–H and O–H groups in total. The first-order valence-corrected chi connectivity index (χ1v) is 6.19. The quantitative estimate of drug-likeness (QED) is 0.827. The van der Waals surface area contributed by atoms with Crippen LogP contribution in [0.1, 0.15) is 49.7 Å². The first-order valence-electron chi connectivity index (χ1n) is 6.19. The maximum atomic E-state index is 14.4. The zero-order valence-corrected chi connectivity index (χ0v) is 9.88. The van der Waals surface area contributed by atoms with Gasteiger partial charge in [0, 0.05) is 6.54 Å². The van der Waals surface area contributed by atoms with Crippen LogP contribution in [0.4, 0.5) is 4.39 Å². The molecule has 2 heteroatoms. The molecule has 1 aliphatic carbocycles. The summed E-state index contributed by atoms with van der Waals surface area (Å²) in [6.45, 7) is 1.92. The Morgan fingerprint density at radius 1 is 1.44 bits per heavy atom. The van der Waals surface area contributed by atoms with Gasteiger partial charge in [0.15, 0.2) is 0 Å². The van der Waals surface area contributed by atoms with E-state index in [4.69, 9.17) is 5.73 Å². The number of alkyl halides is 1. The number of hydrogen-bond acceptors (Lipinski definition) is 1. The van der Waals surface area contributed by atoms with Gasteiger partial charge < -0.3 is 5.73 Å². The molecular formula is C14H20FN. The number of benzene rings is 1. The molecule has 1 atom stereocenters. The zero-order valence-electron chi connectivity index (χ0n) is 9.88. The highest BCUT2D eigenvalue weighted by Gasteiger charge is 2.29. The second kappa shape index (κ2) is 4.54. The summed E-state index contributed by atoms with van der Waals surface area (Å²) in [7, 11) is 0. The van der Waals surface area contributed by atoms with E-state index in [1.165, 1.54) is 24.8 Å². The van der Waals surface area contributed by atoms with Gasteiger partial charge in [-0.05, 0) is 36.3 Å². The van der Waals surface area contributed by atoms with E-state index in [2.05, 4.69) is 6.07 Å². The lowest BCUT2D eigenvalue weighted by molar-refractivity contribution is 0.168. The SMILES string of the molecule is CCC(F)(CN)c1cccc(C2CCC2)c1. The number of nitrogens with two attached hydrogens (primary N) is 1. The fraction of sp³-hybridized carbons (Fsp3) is 0.571. The van der Waals surface area contributed by atoms with E-state index >= 15 is 0 Å². The summed E-state index contributed by atoms with van der Waals surface area (Å²) < 4.78 is 14.4. The van der Waals surface area contributed by atoms with Gasteiger partial charge in [0.05, 0.1) is 0 Å². The van der Waals surface area contributed by atoms with Gasteiger partial charge in [-0.2, -0.15) is 0 Å². The minimum absolute atomic E-state index is 0.0671. The highest BCUT2D eigenvalue weighted by atomic mass is 19.1. The van der Waals surface area contributed by atoms with Crippen molar-refractivity contribution in [1.82, 2.24) is 0 Å². The molecule has 88 valence electrons. The smallest absolute Gasteiger partial charge is 0.147 e. The van der Waals surface area contributed by atoms with E-state index in [0.29, 0.717) is 12.3 Å². The average molecular weight is 221 g/mol. The minimum atomic E-state index is -1.35. The van der Waals surface area contributed by atoms with Gasteiger partial charge in [-0.15, -0.1) is 0 Å². The second-order valence-corrected chi connectivity index (χ2v) is 4.78. The molecule has 1 aromatic carbocycles. The second-order valence-electron chi connectivity index (χ2n) is 4.78. The number of halogens is 1. The summed E-state index contributed by atoms with van der Waals surface area (Å²) in [5.74, 6) is 0.652. The molecular weight excluding hydrogens is 201 g/mol. The summed E-state index contributed by atoms with van der Waals surface area (Å²) in [6.07, 6.45) is 4.24. The number of rotatable bonds is 4. The highest BCUT2D eigenvalue weighted by molar-refractivity contribution is 5.31. The van der Waals surface area contributed by atoms with E-state index in [1.807, 2.05) is 25.1 Å². The Kier molecular flexibility index (Phi) is 3.29. The van der Waals surface area contributed by atoms with E-state index in [9.17, 15) is 4.39 Å². The topological polar surface area (TPSA) is 26.0 Å². The van der Waals surface area contributed by atoms with Gasteiger partial charge >= 0.3 is 0 Å². The Hall–Kier alpha value is -0.890. The van der Waals surface area contributed by atoms with Crippen molar-refractivity contribution in [3.63, 3.8) is 0 Å². The summed E-state index contributed by atoms with van der Waals surface area (Å²) in [5.41, 5.74) is 6.24. The first kappa shape index (κ1) is 11.6. The van der Waals surface area contributed by atoms with Crippen LogP contribution in [-0.2, 0) is 5.67 Å². The van der Waals surface area contributed by atoms with Gasteiger partial charge in [0.25, 0.3) is 0 Å². The van der Waals surface area contributed by atoms with Gasteiger partial charge in [0.2, 0.25) is 0 Å². The molecule has 1 saturated carbocycles. The van der Waals surface area contributed by atoms with E-state index in [0.717, 1.165) is 5.56 Å². The Bertz CT molecular complexity index is 354. The summed E-state index contributed by atoms with van der Waals surface area (Å²) in [5, 5.41) is 0. The van der Waals surface area contributed by atoms with E-state index in [-0.39, 0.29) is 6.54 Å². The molecule has 0 spiro atoms. The fourth-order valence-electron chi connectivity index (χ4n) is 2.28. The zero-order chi connectivity index (χ0) is 11.6. The summed E-state index contributed by atoms with van der Waals surface area (Å²) >= 11 is 0. The molecule has 1 unspecified atom stereocenters. The van der Waals surface area contributed by atoms with Gasteiger partial charge in [-0.25, -0.2) is 4.39 Å². The molecule has 0 amide bonds. The van der Waals surface area contributed by atoms with Gasteiger partial charge in [-0.3, -0.25) is 0 Å². The van der Waals surface area contributed by atoms with Crippen LogP contribution < -0.4 is 5.73 Å². The predicted octanol–water partition coefficient (Wildman–Crippen LogP) is 3.49. The lowest BCUT2D eigenvalue weighted by Crippen LogP contribution is -2.29. The van der Waals surface area contributed by atoms with Crippen molar-refractivity contribution in [2.75, 3.05) is 6.54 Å². The monoisotopic (exact) mass is 221 g/mol. The van der Waals surface area contributed by atoms with E-state index in [1.54, 1.807) is 0 Å². The third-order valence-electron chi connectivity index (χ3n) is 3.86. The van der Waals surface area contributed by atoms with Crippen LogP contribution >= 0.6 is 0 Å². The van der Waals surface area contributed by atoms with Crippen LogP contribution in [0.15, 0.2) is 24.3 Å². The maximum Gasteiger partial charge on any atom is 0.147 e. The molecule has 0 aliphatic heterocycles. The van der Waals surface area contributed by atoms with E-state index < -0.39 is 5.67 Å². The third-order valence-corrected chi connectivity index (χ3v) is 3.86. The lowest BCUT2D eigenvalue weighted by atomic mass is 9.78. The molecule has 1 fully saturated rings. The molecule has 2 rings (SSSR count). The molecule has 0 radical (unpaired) electrons. The van der Waals surface area contributed by atoms with Crippen LogP contribution in [0.25, 0.3) is 0 Å². The van der Waals surface area contributed by atoms with Gasteiger partial charge in [0.1, 0.15) is 5.67 Å². The predicted molar refractivity (Wildman–Crippen MR) is 65.2 cm³/mol. The molecule has 1 aliphatic rings. The Morgan fingerprint density at radius 3 is 2.69 bits per heavy atom. The molecule has 16 heavy (non-hydrogen) atoms. The standard InChI is InChI=1S/C14H20FN/c1-2-14(15,10-16)13-8-4-7-12(9-13)11-5-3-6-11/h4,7-9,11H,2-3,5-6,10,16H2,1H3. The van der Waals surface area contributed by atoms with Crippen LogP contribution in [0.3, 0.4) is 0 Å². The molecule has 0 saturated heterocycles. The largest absolute Gasteiger partial charge is 0.327 e. The molecule has 0 aromatic heterocycles. The Morgan fingerprint density at radius 2 is 2.19 bits per heavy atom. The summed E-state index contributed by atoms with van der Waals surface area (Å²) in [6, 6.07) is 7.95. The van der Waals surface area contributed by atoms with Crippen LogP contribution in [0.2, 0.25) is 0 Å². The van der Waals surface area contributed by atoms with Crippen molar-refractivity contribution in [3.8, 4) is 0 Å². The average Bonchev–Trinajstić information content (AvgIpc) is 2.26. The van der Waals surface area contributed by atoms with Crippen LogP contribution in [0.5, 0.6) is 0 Å².